The third-order valence-electron chi connectivity index (χ3n) is 3.95. The fraction of sp³-hybridized carbons (Fsp3) is 0.500. The van der Waals surface area contributed by atoms with E-state index in [4.69, 9.17) is 21.7 Å². The molecule has 1 aromatic carbocycles. The lowest BCUT2D eigenvalue weighted by Crippen LogP contribution is -2.36. The largest absolute Gasteiger partial charge is 0.454 e. The lowest BCUT2D eigenvalue weighted by Gasteiger charge is -2.16. The van der Waals surface area contributed by atoms with Gasteiger partial charge in [0.05, 0.1) is 0 Å². The molecule has 3 rings (SSSR count). The van der Waals surface area contributed by atoms with Gasteiger partial charge in [0.1, 0.15) is 0 Å². The van der Waals surface area contributed by atoms with E-state index in [1.807, 2.05) is 23.1 Å². The Morgan fingerprint density at radius 2 is 2.13 bits per heavy atom. The smallest absolute Gasteiger partial charge is 0.231 e. The molecular weight excluding hydrogens is 314 g/mol. The first-order valence-corrected chi connectivity index (χ1v) is 8.31. The molecule has 0 spiro atoms. The number of rotatable bonds is 6. The monoisotopic (exact) mass is 335 g/mol. The molecule has 1 aromatic rings. The van der Waals surface area contributed by atoms with E-state index >= 15 is 0 Å². The summed E-state index contributed by atoms with van der Waals surface area (Å²) >= 11 is 5.27. The van der Waals surface area contributed by atoms with Crippen molar-refractivity contribution in [1.82, 2.24) is 15.5 Å². The number of amides is 1. The summed E-state index contributed by atoms with van der Waals surface area (Å²) in [5, 5.41) is 6.96. The average molecular weight is 335 g/mol. The fourth-order valence-corrected chi connectivity index (χ4v) is 2.88. The third kappa shape index (κ3) is 4.25. The minimum Gasteiger partial charge on any atom is -0.454 e. The molecule has 2 heterocycles. The molecule has 0 bridgehead atoms. The van der Waals surface area contributed by atoms with Gasteiger partial charge in [-0.15, -0.1) is 0 Å². The highest BCUT2D eigenvalue weighted by Gasteiger charge is 2.18. The van der Waals surface area contributed by atoms with Gasteiger partial charge >= 0.3 is 0 Å². The van der Waals surface area contributed by atoms with Gasteiger partial charge in [0.25, 0.3) is 0 Å². The standard InChI is InChI=1S/C16H21N3O3S/c20-15-3-1-7-19(15)8-2-6-17-16(23)18-10-12-4-5-13-14(9-12)22-11-21-13/h4-5,9H,1-3,6-8,10-11H2,(H2,17,18,23). The number of nitrogens with zero attached hydrogens (tertiary/aromatic N) is 1. The third-order valence-corrected chi connectivity index (χ3v) is 4.24. The summed E-state index contributed by atoms with van der Waals surface area (Å²) in [4.78, 5) is 13.4. The van der Waals surface area contributed by atoms with Gasteiger partial charge in [-0.3, -0.25) is 4.79 Å². The minimum atomic E-state index is 0.272. The molecule has 2 aliphatic rings. The van der Waals surface area contributed by atoms with Gasteiger partial charge in [-0.1, -0.05) is 6.07 Å². The first-order chi connectivity index (χ1) is 11.2. The molecule has 2 aliphatic heterocycles. The van der Waals surface area contributed by atoms with Gasteiger partial charge in [-0.2, -0.15) is 0 Å². The summed E-state index contributed by atoms with van der Waals surface area (Å²) in [6.45, 7) is 3.37. The van der Waals surface area contributed by atoms with Crippen molar-refractivity contribution < 1.29 is 14.3 Å². The van der Waals surface area contributed by atoms with E-state index in [0.717, 1.165) is 49.5 Å². The van der Waals surface area contributed by atoms with Crippen molar-refractivity contribution >= 4 is 23.2 Å². The summed E-state index contributed by atoms with van der Waals surface area (Å²) in [5.74, 6) is 1.83. The summed E-state index contributed by atoms with van der Waals surface area (Å²) in [7, 11) is 0. The van der Waals surface area contributed by atoms with Crippen molar-refractivity contribution in [2.75, 3.05) is 26.4 Å². The molecule has 1 fully saturated rings. The Morgan fingerprint density at radius 1 is 1.26 bits per heavy atom. The zero-order chi connectivity index (χ0) is 16.1. The lowest BCUT2D eigenvalue weighted by molar-refractivity contribution is -0.127. The molecule has 0 aliphatic carbocycles. The first-order valence-electron chi connectivity index (χ1n) is 7.90. The molecular formula is C16H21N3O3S. The number of thiocarbonyl (C=S) groups is 1. The van der Waals surface area contributed by atoms with E-state index in [-0.39, 0.29) is 12.7 Å². The molecule has 6 nitrogen and oxygen atoms in total. The van der Waals surface area contributed by atoms with Crippen LogP contribution in [0.2, 0.25) is 0 Å². The zero-order valence-electron chi connectivity index (χ0n) is 13.0. The Bertz CT molecular complexity index is 594. The van der Waals surface area contributed by atoms with E-state index < -0.39 is 0 Å². The topological polar surface area (TPSA) is 62.8 Å². The normalized spacial score (nSPS) is 15.8. The number of benzene rings is 1. The Balaban J connectivity index is 1.32. The van der Waals surface area contributed by atoms with E-state index in [2.05, 4.69) is 10.6 Å². The maximum absolute atomic E-state index is 11.5. The molecule has 23 heavy (non-hydrogen) atoms. The number of ether oxygens (including phenoxy) is 2. The summed E-state index contributed by atoms with van der Waals surface area (Å²) < 4.78 is 10.6. The predicted octanol–water partition coefficient (Wildman–Crippen LogP) is 1.39. The van der Waals surface area contributed by atoms with Crippen molar-refractivity contribution in [2.24, 2.45) is 0 Å². The second-order valence-electron chi connectivity index (χ2n) is 5.63. The van der Waals surface area contributed by atoms with Gasteiger partial charge in [0.15, 0.2) is 16.6 Å². The molecule has 1 saturated heterocycles. The van der Waals surface area contributed by atoms with E-state index in [0.29, 0.717) is 18.1 Å². The summed E-state index contributed by atoms with van der Waals surface area (Å²) in [5.41, 5.74) is 1.08. The maximum atomic E-state index is 11.5. The molecule has 0 unspecified atom stereocenters. The Kier molecular flexibility index (Phi) is 5.17. The van der Waals surface area contributed by atoms with Crippen molar-refractivity contribution in [3.8, 4) is 11.5 Å². The van der Waals surface area contributed by atoms with Crippen LogP contribution in [0.15, 0.2) is 18.2 Å². The van der Waals surface area contributed by atoms with Crippen LogP contribution in [0, 0.1) is 0 Å². The van der Waals surface area contributed by atoms with Crippen LogP contribution >= 0.6 is 12.2 Å². The van der Waals surface area contributed by atoms with Gasteiger partial charge in [-0.25, -0.2) is 0 Å². The lowest BCUT2D eigenvalue weighted by atomic mass is 10.2. The van der Waals surface area contributed by atoms with Gasteiger partial charge in [0.2, 0.25) is 12.7 Å². The molecule has 0 saturated carbocycles. The quantitative estimate of drug-likeness (QED) is 0.605. The molecule has 0 atom stereocenters. The van der Waals surface area contributed by atoms with Crippen LogP contribution in [0.5, 0.6) is 11.5 Å². The van der Waals surface area contributed by atoms with E-state index in [1.165, 1.54) is 0 Å². The Hall–Kier alpha value is -2.02. The molecule has 1 amide bonds. The molecule has 124 valence electrons. The SMILES string of the molecule is O=C1CCCN1CCCNC(=S)NCc1ccc2c(c1)OCO2. The highest BCUT2D eigenvalue weighted by Crippen LogP contribution is 2.32. The number of hydrogen-bond acceptors (Lipinski definition) is 4. The van der Waals surface area contributed by atoms with Crippen LogP contribution in [0.3, 0.4) is 0 Å². The highest BCUT2D eigenvalue weighted by molar-refractivity contribution is 7.80. The van der Waals surface area contributed by atoms with Crippen LogP contribution < -0.4 is 20.1 Å². The van der Waals surface area contributed by atoms with Crippen molar-refractivity contribution in [3.63, 3.8) is 0 Å². The molecule has 0 aromatic heterocycles. The van der Waals surface area contributed by atoms with Crippen LogP contribution in [0.4, 0.5) is 0 Å². The summed E-state index contributed by atoms with van der Waals surface area (Å²) in [6.07, 6.45) is 2.59. The molecule has 2 N–H and O–H groups in total. The number of likely N-dealkylation sites (tertiary alicyclic amines) is 1. The van der Waals surface area contributed by atoms with E-state index in [9.17, 15) is 4.79 Å². The van der Waals surface area contributed by atoms with Crippen molar-refractivity contribution in [1.29, 1.82) is 0 Å². The predicted molar refractivity (Wildman–Crippen MR) is 90.4 cm³/mol. The molecule has 7 heteroatoms. The second-order valence-corrected chi connectivity index (χ2v) is 6.04. The zero-order valence-corrected chi connectivity index (χ0v) is 13.8. The van der Waals surface area contributed by atoms with Gasteiger partial charge in [0, 0.05) is 32.6 Å². The van der Waals surface area contributed by atoms with E-state index in [1.54, 1.807) is 0 Å². The average Bonchev–Trinajstić information content (AvgIpc) is 3.18. The number of carbonyl (C=O) groups excluding carboxylic acids is 1. The fourth-order valence-electron chi connectivity index (χ4n) is 2.71. The molecule has 0 radical (unpaired) electrons. The van der Waals surface area contributed by atoms with Crippen LogP contribution in [0.25, 0.3) is 0 Å². The van der Waals surface area contributed by atoms with Crippen LogP contribution in [-0.2, 0) is 11.3 Å². The number of carbonyl (C=O) groups is 1. The van der Waals surface area contributed by atoms with Crippen molar-refractivity contribution in [3.05, 3.63) is 23.8 Å². The minimum absolute atomic E-state index is 0.272. The van der Waals surface area contributed by atoms with Gasteiger partial charge in [-0.05, 0) is 42.8 Å². The van der Waals surface area contributed by atoms with Crippen molar-refractivity contribution in [2.45, 2.75) is 25.8 Å². The first kappa shape index (κ1) is 15.9. The maximum Gasteiger partial charge on any atom is 0.231 e. The highest BCUT2D eigenvalue weighted by atomic mass is 32.1. The number of hydrogen-bond donors (Lipinski definition) is 2. The Morgan fingerprint density at radius 3 is 2.96 bits per heavy atom. The van der Waals surface area contributed by atoms with Crippen LogP contribution in [-0.4, -0.2) is 42.3 Å². The van der Waals surface area contributed by atoms with Crippen LogP contribution in [0.1, 0.15) is 24.8 Å². The summed E-state index contributed by atoms with van der Waals surface area (Å²) in [6, 6.07) is 5.85. The number of nitrogens with one attached hydrogen (secondary N) is 2. The van der Waals surface area contributed by atoms with Gasteiger partial charge < -0.3 is 25.0 Å². The number of fused-ring (bicyclic) bond motifs is 1. The second kappa shape index (κ2) is 7.50. The Labute approximate surface area is 141 Å².